The monoisotopic (exact) mass is 472 g/mol. The molecule has 0 heterocycles. The fourth-order valence-corrected chi connectivity index (χ4v) is 9.88. The van der Waals surface area contributed by atoms with Crippen molar-refractivity contribution in [2.45, 2.75) is 117 Å². The molecule has 4 rings (SSSR count). The van der Waals surface area contributed by atoms with E-state index in [1.807, 2.05) is 0 Å². The second-order valence-corrected chi connectivity index (χ2v) is 13.9. The molecule has 1 N–H and O–H groups in total. The van der Waals surface area contributed by atoms with Crippen LogP contribution in [0.4, 0.5) is 0 Å². The van der Waals surface area contributed by atoms with Gasteiger partial charge in [-0.05, 0) is 138 Å². The number of rotatable bonds is 10. The van der Waals surface area contributed by atoms with Crippen molar-refractivity contribution in [3.63, 3.8) is 0 Å². The summed E-state index contributed by atoms with van der Waals surface area (Å²) in [6, 6.07) is 0. The maximum atomic E-state index is 12.5. The smallest absolute Gasteiger partial charge is 0.220 e. The van der Waals surface area contributed by atoms with Crippen molar-refractivity contribution in [3.05, 3.63) is 0 Å². The van der Waals surface area contributed by atoms with Gasteiger partial charge in [-0.3, -0.25) is 4.79 Å². The molecule has 0 saturated heterocycles. The molecule has 4 fully saturated rings. The number of nitrogens with zero attached hydrogens (tertiary/aromatic N) is 1. The number of amides is 1. The summed E-state index contributed by atoms with van der Waals surface area (Å²) in [6.07, 6.45) is 20.2. The Balaban J connectivity index is 1.25. The van der Waals surface area contributed by atoms with Crippen LogP contribution in [0.25, 0.3) is 0 Å². The second kappa shape index (κ2) is 11.2. The van der Waals surface area contributed by atoms with Crippen molar-refractivity contribution in [1.82, 2.24) is 10.2 Å². The van der Waals surface area contributed by atoms with Crippen LogP contribution in [0.1, 0.15) is 117 Å². The van der Waals surface area contributed by atoms with Gasteiger partial charge in [-0.1, -0.05) is 40.0 Å². The van der Waals surface area contributed by atoms with E-state index in [1.54, 1.807) is 0 Å². The van der Waals surface area contributed by atoms with E-state index >= 15 is 0 Å². The molecule has 1 amide bonds. The lowest BCUT2D eigenvalue weighted by Crippen LogP contribution is -2.53. The molecule has 34 heavy (non-hydrogen) atoms. The predicted molar refractivity (Wildman–Crippen MR) is 144 cm³/mol. The summed E-state index contributed by atoms with van der Waals surface area (Å²) in [5.74, 6) is 5.76. The average Bonchev–Trinajstić information content (AvgIpc) is 3.16. The van der Waals surface area contributed by atoms with Crippen molar-refractivity contribution >= 4 is 5.91 Å². The number of unbranched alkanes of at least 4 members (excludes halogenated alkanes) is 2. The third-order valence-electron chi connectivity index (χ3n) is 11.8. The zero-order valence-electron chi connectivity index (χ0n) is 23.3. The quantitative estimate of drug-likeness (QED) is 0.338. The van der Waals surface area contributed by atoms with E-state index in [9.17, 15) is 4.79 Å². The van der Waals surface area contributed by atoms with Gasteiger partial charge in [0.2, 0.25) is 5.91 Å². The molecule has 4 aliphatic rings. The first kappa shape index (κ1) is 26.5. The Bertz CT molecular complexity index is 676. The summed E-state index contributed by atoms with van der Waals surface area (Å²) in [5, 5.41) is 3.20. The SMILES string of the molecule is CC(CCC(=O)NCCCCCN(C)C)[C@H]1CC[C@H]2[C@@H]3CCC4CCCC[C@]4(C)[C@H]3CC[C@]12C. The molecule has 0 aromatic carbocycles. The largest absolute Gasteiger partial charge is 0.356 e. The fraction of sp³-hybridized carbons (Fsp3) is 0.968. The second-order valence-electron chi connectivity index (χ2n) is 13.9. The molecule has 8 atom stereocenters. The van der Waals surface area contributed by atoms with Crippen LogP contribution < -0.4 is 5.32 Å². The van der Waals surface area contributed by atoms with Crippen LogP contribution in [0, 0.1) is 46.3 Å². The Morgan fingerprint density at radius 3 is 2.50 bits per heavy atom. The van der Waals surface area contributed by atoms with Crippen molar-refractivity contribution < 1.29 is 4.79 Å². The van der Waals surface area contributed by atoms with Crippen molar-refractivity contribution in [2.24, 2.45) is 46.3 Å². The Labute approximate surface area is 211 Å². The first-order chi connectivity index (χ1) is 16.3. The molecule has 4 aliphatic carbocycles. The third kappa shape index (κ3) is 5.40. The maximum absolute atomic E-state index is 12.5. The number of carbonyl (C=O) groups is 1. The molecular formula is C31H56N2O. The highest BCUT2D eigenvalue weighted by atomic mass is 16.1. The Kier molecular flexibility index (Phi) is 8.74. The Hall–Kier alpha value is -0.570. The molecule has 0 aromatic heterocycles. The molecule has 0 aromatic rings. The molecule has 0 aliphatic heterocycles. The van der Waals surface area contributed by atoms with Gasteiger partial charge in [-0.25, -0.2) is 0 Å². The zero-order valence-corrected chi connectivity index (χ0v) is 23.3. The van der Waals surface area contributed by atoms with E-state index in [2.05, 4.69) is 45.1 Å². The number of nitrogens with one attached hydrogen (secondary N) is 1. The summed E-state index contributed by atoms with van der Waals surface area (Å²) in [5.41, 5.74) is 1.18. The minimum atomic E-state index is 0.284. The van der Waals surface area contributed by atoms with E-state index in [-0.39, 0.29) is 5.91 Å². The van der Waals surface area contributed by atoms with Crippen LogP contribution in [0.3, 0.4) is 0 Å². The molecule has 4 saturated carbocycles. The highest BCUT2D eigenvalue weighted by molar-refractivity contribution is 5.75. The van der Waals surface area contributed by atoms with E-state index in [1.165, 1.54) is 77.0 Å². The van der Waals surface area contributed by atoms with Crippen LogP contribution in [-0.2, 0) is 4.79 Å². The molecule has 0 bridgehead atoms. The van der Waals surface area contributed by atoms with Crippen molar-refractivity contribution in [2.75, 3.05) is 27.2 Å². The lowest BCUT2D eigenvalue weighted by atomic mass is 9.44. The van der Waals surface area contributed by atoms with Gasteiger partial charge in [0.1, 0.15) is 0 Å². The topological polar surface area (TPSA) is 32.3 Å². The van der Waals surface area contributed by atoms with Crippen LogP contribution in [0.2, 0.25) is 0 Å². The van der Waals surface area contributed by atoms with E-state index in [4.69, 9.17) is 0 Å². The van der Waals surface area contributed by atoms with Gasteiger partial charge >= 0.3 is 0 Å². The van der Waals surface area contributed by atoms with Crippen LogP contribution in [0.15, 0.2) is 0 Å². The van der Waals surface area contributed by atoms with Gasteiger partial charge in [-0.15, -0.1) is 0 Å². The van der Waals surface area contributed by atoms with Gasteiger partial charge in [0.15, 0.2) is 0 Å². The molecule has 3 nitrogen and oxygen atoms in total. The van der Waals surface area contributed by atoms with Gasteiger partial charge in [0.25, 0.3) is 0 Å². The normalized spacial score (nSPS) is 40.4. The summed E-state index contributed by atoms with van der Waals surface area (Å²) >= 11 is 0. The number of hydrogen-bond acceptors (Lipinski definition) is 2. The Morgan fingerprint density at radius 1 is 0.912 bits per heavy atom. The van der Waals surface area contributed by atoms with E-state index < -0.39 is 0 Å². The molecule has 3 heteroatoms. The first-order valence-corrected chi connectivity index (χ1v) is 15.2. The minimum absolute atomic E-state index is 0.284. The standard InChI is InChI=1S/C31H56N2O/c1-23(12-17-29(34)32-21-9-6-10-22-33(4)5)26-15-16-27-25-14-13-24-11-7-8-19-30(24,2)28(25)18-20-31(26,27)3/h23-28H,6-22H2,1-5H3,(H,32,34)/t23?,24?,25-,26+,27-,28-,30-,31+/m0/s1. The lowest BCUT2D eigenvalue weighted by Gasteiger charge is -2.61. The number of hydrogen-bond donors (Lipinski definition) is 1. The average molecular weight is 473 g/mol. The summed E-state index contributed by atoms with van der Waals surface area (Å²) < 4.78 is 0. The van der Waals surface area contributed by atoms with Gasteiger partial charge in [0.05, 0.1) is 0 Å². The van der Waals surface area contributed by atoms with Crippen LogP contribution in [0.5, 0.6) is 0 Å². The summed E-state index contributed by atoms with van der Waals surface area (Å²) in [7, 11) is 4.26. The highest BCUT2D eigenvalue weighted by Gasteiger charge is 2.60. The molecule has 196 valence electrons. The van der Waals surface area contributed by atoms with Crippen molar-refractivity contribution in [1.29, 1.82) is 0 Å². The van der Waals surface area contributed by atoms with Crippen LogP contribution in [-0.4, -0.2) is 38.0 Å². The zero-order chi connectivity index (χ0) is 24.3. The molecule has 0 radical (unpaired) electrons. The number of fused-ring (bicyclic) bond motifs is 5. The van der Waals surface area contributed by atoms with E-state index in [0.29, 0.717) is 16.7 Å². The molecule has 2 unspecified atom stereocenters. The highest BCUT2D eigenvalue weighted by Crippen LogP contribution is 2.68. The van der Waals surface area contributed by atoms with E-state index in [0.717, 1.165) is 61.9 Å². The van der Waals surface area contributed by atoms with Crippen molar-refractivity contribution in [3.8, 4) is 0 Å². The number of carbonyl (C=O) groups excluding carboxylic acids is 1. The fourth-order valence-electron chi connectivity index (χ4n) is 9.88. The lowest BCUT2D eigenvalue weighted by molar-refractivity contribution is -0.122. The Morgan fingerprint density at radius 2 is 1.71 bits per heavy atom. The third-order valence-corrected chi connectivity index (χ3v) is 11.8. The van der Waals surface area contributed by atoms with Gasteiger partial charge in [0, 0.05) is 13.0 Å². The summed E-state index contributed by atoms with van der Waals surface area (Å²) in [6.45, 7) is 9.84. The van der Waals surface area contributed by atoms with Crippen LogP contribution >= 0.6 is 0 Å². The summed E-state index contributed by atoms with van der Waals surface area (Å²) in [4.78, 5) is 14.7. The molecule has 0 spiro atoms. The predicted octanol–water partition coefficient (Wildman–Crippen LogP) is 7.30. The van der Waals surface area contributed by atoms with Gasteiger partial charge in [-0.2, -0.15) is 0 Å². The maximum Gasteiger partial charge on any atom is 0.220 e. The van der Waals surface area contributed by atoms with Gasteiger partial charge < -0.3 is 10.2 Å². The molecular weight excluding hydrogens is 416 g/mol. The first-order valence-electron chi connectivity index (χ1n) is 15.2. The minimum Gasteiger partial charge on any atom is -0.356 e.